The van der Waals surface area contributed by atoms with Crippen LogP contribution in [0.3, 0.4) is 0 Å². The Morgan fingerprint density at radius 1 is 1.14 bits per heavy atom. The van der Waals surface area contributed by atoms with Gasteiger partial charge < -0.3 is 10.1 Å². The summed E-state index contributed by atoms with van der Waals surface area (Å²) in [6.45, 7) is 5.65. The standard InChI is InChI=1S/C17H18ClNO2/c1-11-6-4-7-12(2)16(11)21-13(3)17(20)19-15-9-5-8-14(18)10-15/h4-10,13H,1-3H3,(H,19,20). The van der Waals surface area contributed by atoms with Gasteiger partial charge in [0, 0.05) is 10.7 Å². The second kappa shape index (κ2) is 6.64. The summed E-state index contributed by atoms with van der Waals surface area (Å²) in [6.07, 6.45) is -0.594. The first-order chi connectivity index (χ1) is 9.97. The Kier molecular flexibility index (Phi) is 4.86. The number of aryl methyl sites for hydroxylation is 2. The molecule has 0 radical (unpaired) electrons. The van der Waals surface area contributed by atoms with Crippen LogP contribution in [0.5, 0.6) is 5.75 Å². The zero-order valence-electron chi connectivity index (χ0n) is 12.3. The van der Waals surface area contributed by atoms with E-state index in [1.807, 2.05) is 32.0 Å². The third-order valence-corrected chi connectivity index (χ3v) is 3.40. The largest absolute Gasteiger partial charge is 0.480 e. The Morgan fingerprint density at radius 3 is 2.38 bits per heavy atom. The second-order valence-electron chi connectivity index (χ2n) is 4.98. The number of carbonyl (C=O) groups excluding carboxylic acids is 1. The summed E-state index contributed by atoms with van der Waals surface area (Å²) in [5, 5.41) is 3.37. The van der Waals surface area contributed by atoms with Gasteiger partial charge in [-0.05, 0) is 50.1 Å². The number of benzene rings is 2. The van der Waals surface area contributed by atoms with Crippen LogP contribution in [0.2, 0.25) is 5.02 Å². The molecule has 1 N–H and O–H groups in total. The van der Waals surface area contributed by atoms with E-state index in [1.165, 1.54) is 0 Å². The predicted octanol–water partition coefficient (Wildman–Crippen LogP) is 4.36. The first kappa shape index (κ1) is 15.4. The average Bonchev–Trinajstić information content (AvgIpc) is 2.43. The third kappa shape index (κ3) is 3.99. The highest BCUT2D eigenvalue weighted by atomic mass is 35.5. The number of ether oxygens (including phenoxy) is 1. The molecule has 0 aliphatic heterocycles. The maximum absolute atomic E-state index is 12.2. The Labute approximate surface area is 129 Å². The number of hydrogen-bond acceptors (Lipinski definition) is 2. The monoisotopic (exact) mass is 303 g/mol. The first-order valence-corrected chi connectivity index (χ1v) is 7.14. The van der Waals surface area contributed by atoms with Crippen molar-refractivity contribution in [1.29, 1.82) is 0 Å². The van der Waals surface area contributed by atoms with Crippen LogP contribution in [0.15, 0.2) is 42.5 Å². The molecule has 0 aliphatic rings. The lowest BCUT2D eigenvalue weighted by Crippen LogP contribution is -2.30. The molecule has 2 aromatic rings. The summed E-state index contributed by atoms with van der Waals surface area (Å²) in [7, 11) is 0. The normalized spacial score (nSPS) is 11.8. The Morgan fingerprint density at radius 2 is 1.76 bits per heavy atom. The van der Waals surface area contributed by atoms with Crippen molar-refractivity contribution in [2.45, 2.75) is 26.9 Å². The van der Waals surface area contributed by atoms with Crippen molar-refractivity contribution in [3.05, 3.63) is 58.6 Å². The quantitative estimate of drug-likeness (QED) is 0.911. The van der Waals surface area contributed by atoms with Crippen LogP contribution in [0.25, 0.3) is 0 Å². The highest BCUT2D eigenvalue weighted by Gasteiger charge is 2.17. The molecule has 0 saturated carbocycles. The van der Waals surface area contributed by atoms with E-state index in [9.17, 15) is 4.79 Å². The van der Waals surface area contributed by atoms with Crippen molar-refractivity contribution >= 4 is 23.2 Å². The van der Waals surface area contributed by atoms with E-state index < -0.39 is 6.10 Å². The van der Waals surface area contributed by atoms with Gasteiger partial charge >= 0.3 is 0 Å². The fourth-order valence-corrected chi connectivity index (χ4v) is 2.22. The molecular formula is C17H18ClNO2. The first-order valence-electron chi connectivity index (χ1n) is 6.76. The van der Waals surface area contributed by atoms with Crippen LogP contribution >= 0.6 is 11.6 Å². The van der Waals surface area contributed by atoms with E-state index >= 15 is 0 Å². The third-order valence-electron chi connectivity index (χ3n) is 3.16. The van der Waals surface area contributed by atoms with Crippen molar-refractivity contribution in [3.8, 4) is 5.75 Å². The highest BCUT2D eigenvalue weighted by molar-refractivity contribution is 6.30. The molecule has 0 spiro atoms. The van der Waals surface area contributed by atoms with Crippen LogP contribution in [0.4, 0.5) is 5.69 Å². The molecule has 110 valence electrons. The van der Waals surface area contributed by atoms with Gasteiger partial charge in [0.2, 0.25) is 0 Å². The molecule has 0 aliphatic carbocycles. The topological polar surface area (TPSA) is 38.3 Å². The Bertz CT molecular complexity index is 635. The van der Waals surface area contributed by atoms with Gasteiger partial charge in [0.1, 0.15) is 5.75 Å². The van der Waals surface area contributed by atoms with Gasteiger partial charge in [-0.2, -0.15) is 0 Å². The summed E-state index contributed by atoms with van der Waals surface area (Å²) in [4.78, 5) is 12.2. The molecule has 2 aromatic carbocycles. The lowest BCUT2D eigenvalue weighted by atomic mass is 10.1. The number of carbonyl (C=O) groups is 1. The Balaban J connectivity index is 2.06. The molecule has 1 unspecified atom stereocenters. The fourth-order valence-electron chi connectivity index (χ4n) is 2.03. The smallest absolute Gasteiger partial charge is 0.265 e. The average molecular weight is 304 g/mol. The molecule has 1 atom stereocenters. The van der Waals surface area contributed by atoms with E-state index in [4.69, 9.17) is 16.3 Å². The van der Waals surface area contributed by atoms with E-state index in [2.05, 4.69) is 5.32 Å². The predicted molar refractivity (Wildman–Crippen MR) is 86.1 cm³/mol. The number of nitrogens with one attached hydrogen (secondary N) is 1. The van der Waals surface area contributed by atoms with Gasteiger partial charge in [-0.1, -0.05) is 35.9 Å². The number of rotatable bonds is 4. The number of para-hydroxylation sites is 1. The van der Waals surface area contributed by atoms with Crippen molar-refractivity contribution in [3.63, 3.8) is 0 Å². The van der Waals surface area contributed by atoms with E-state index in [1.54, 1.807) is 31.2 Å². The molecule has 3 nitrogen and oxygen atoms in total. The maximum Gasteiger partial charge on any atom is 0.265 e. The van der Waals surface area contributed by atoms with Crippen LogP contribution in [0.1, 0.15) is 18.1 Å². The number of amides is 1. The zero-order valence-corrected chi connectivity index (χ0v) is 13.1. The number of hydrogen-bond donors (Lipinski definition) is 1. The van der Waals surface area contributed by atoms with Crippen LogP contribution in [-0.2, 0) is 4.79 Å². The minimum Gasteiger partial charge on any atom is -0.480 e. The molecular weight excluding hydrogens is 286 g/mol. The molecule has 4 heteroatoms. The maximum atomic E-state index is 12.2. The molecule has 21 heavy (non-hydrogen) atoms. The van der Waals surface area contributed by atoms with Gasteiger partial charge in [-0.3, -0.25) is 4.79 Å². The second-order valence-corrected chi connectivity index (χ2v) is 5.42. The lowest BCUT2D eigenvalue weighted by molar-refractivity contribution is -0.122. The molecule has 0 aromatic heterocycles. The van der Waals surface area contributed by atoms with Crippen molar-refractivity contribution in [1.82, 2.24) is 0 Å². The van der Waals surface area contributed by atoms with Gasteiger partial charge in [0.05, 0.1) is 0 Å². The van der Waals surface area contributed by atoms with Crippen LogP contribution in [-0.4, -0.2) is 12.0 Å². The number of halogens is 1. The highest BCUT2D eigenvalue weighted by Crippen LogP contribution is 2.24. The zero-order chi connectivity index (χ0) is 15.4. The van der Waals surface area contributed by atoms with Crippen LogP contribution in [0, 0.1) is 13.8 Å². The van der Waals surface area contributed by atoms with E-state index in [-0.39, 0.29) is 5.91 Å². The summed E-state index contributed by atoms with van der Waals surface area (Å²) in [5.41, 5.74) is 2.68. The molecule has 0 bridgehead atoms. The number of anilines is 1. The minimum atomic E-state index is -0.594. The summed E-state index contributed by atoms with van der Waals surface area (Å²) >= 11 is 5.90. The summed E-state index contributed by atoms with van der Waals surface area (Å²) < 4.78 is 5.80. The van der Waals surface area contributed by atoms with Gasteiger partial charge in [-0.15, -0.1) is 0 Å². The van der Waals surface area contributed by atoms with Gasteiger partial charge in [0.25, 0.3) is 5.91 Å². The molecule has 2 rings (SSSR count). The SMILES string of the molecule is Cc1cccc(C)c1OC(C)C(=O)Nc1cccc(Cl)c1. The van der Waals surface area contributed by atoms with Gasteiger partial charge in [0.15, 0.2) is 6.10 Å². The molecule has 0 saturated heterocycles. The van der Waals surface area contributed by atoms with Crippen molar-refractivity contribution in [2.24, 2.45) is 0 Å². The van der Waals surface area contributed by atoms with Gasteiger partial charge in [-0.25, -0.2) is 0 Å². The van der Waals surface area contributed by atoms with Crippen molar-refractivity contribution in [2.75, 3.05) is 5.32 Å². The molecule has 0 fully saturated rings. The lowest BCUT2D eigenvalue weighted by Gasteiger charge is -2.18. The van der Waals surface area contributed by atoms with E-state index in [0.717, 1.165) is 16.9 Å². The molecule has 1 amide bonds. The van der Waals surface area contributed by atoms with E-state index in [0.29, 0.717) is 10.7 Å². The van der Waals surface area contributed by atoms with Crippen molar-refractivity contribution < 1.29 is 9.53 Å². The fraction of sp³-hybridized carbons (Fsp3) is 0.235. The Hall–Kier alpha value is -2.00. The summed E-state index contributed by atoms with van der Waals surface area (Å²) in [6, 6.07) is 12.9. The minimum absolute atomic E-state index is 0.208. The van der Waals surface area contributed by atoms with Crippen LogP contribution < -0.4 is 10.1 Å². The summed E-state index contributed by atoms with van der Waals surface area (Å²) in [5.74, 6) is 0.547. The molecule has 0 heterocycles.